The molecule has 1 aromatic carbocycles. The molecule has 24 heavy (non-hydrogen) atoms. The highest BCUT2D eigenvalue weighted by Crippen LogP contribution is 2.25. The third-order valence-corrected chi connectivity index (χ3v) is 2.93. The normalized spacial score (nSPS) is 9.67. The average Bonchev–Trinajstić information content (AvgIpc) is 2.56. The number of allylic oxidation sites excluding steroid dienone is 1. The van der Waals surface area contributed by atoms with Gasteiger partial charge in [-0.25, -0.2) is 0 Å². The van der Waals surface area contributed by atoms with E-state index in [4.69, 9.17) is 18.9 Å². The van der Waals surface area contributed by atoms with Gasteiger partial charge in [0.25, 0.3) is 0 Å². The lowest BCUT2D eigenvalue weighted by atomic mass is 10.1. The fraction of sp³-hybridized carbons (Fsp3) is 0.353. The van der Waals surface area contributed by atoms with Crippen LogP contribution < -0.4 is 9.47 Å². The number of ketones is 1. The molecule has 0 N–H and O–H groups in total. The summed E-state index contributed by atoms with van der Waals surface area (Å²) in [6.07, 6.45) is 1.25. The van der Waals surface area contributed by atoms with Crippen LogP contribution in [0, 0.1) is 0 Å². The van der Waals surface area contributed by atoms with Crippen LogP contribution in [0.2, 0.25) is 0 Å². The summed E-state index contributed by atoms with van der Waals surface area (Å²) in [5.41, 5.74) is 0.621. The Kier molecular flexibility index (Phi) is 7.48. The van der Waals surface area contributed by atoms with E-state index >= 15 is 0 Å². The molecule has 0 spiro atoms. The lowest BCUT2D eigenvalue weighted by molar-refractivity contribution is -0.141. The minimum absolute atomic E-state index is 0.152. The maximum atomic E-state index is 12.5. The van der Waals surface area contributed by atoms with Crippen molar-refractivity contribution < 1.29 is 33.3 Å². The molecule has 0 aliphatic rings. The van der Waals surface area contributed by atoms with Crippen LogP contribution in [-0.2, 0) is 19.1 Å². The van der Waals surface area contributed by atoms with Crippen LogP contribution in [-0.4, -0.2) is 45.2 Å². The highest BCUT2D eigenvalue weighted by atomic mass is 16.5. The molecule has 1 rings (SSSR count). The number of carbonyl (C=O) groups excluding carboxylic acids is 3. The fourth-order valence-corrected chi connectivity index (χ4v) is 1.78. The van der Waals surface area contributed by atoms with Gasteiger partial charge in [-0.1, -0.05) is 0 Å². The standard InChI is InChI=1S/C17H20O7/c1-11(18)23-9-13(10-24-12(2)19)7-16(20)15-8-14(21-3)5-6-17(15)22-4/h5-8H,9-10H2,1-4H3. The Balaban J connectivity index is 3.07. The van der Waals surface area contributed by atoms with Gasteiger partial charge in [0.15, 0.2) is 5.78 Å². The SMILES string of the molecule is COc1ccc(OC)c(C(=O)C=C(COC(C)=O)COC(C)=O)c1. The van der Waals surface area contributed by atoms with Gasteiger partial charge in [0.1, 0.15) is 24.7 Å². The summed E-state index contributed by atoms with van der Waals surface area (Å²) >= 11 is 0. The van der Waals surface area contributed by atoms with Crippen LogP contribution in [0.25, 0.3) is 0 Å². The molecule has 0 amide bonds. The summed E-state index contributed by atoms with van der Waals surface area (Å²) in [5, 5.41) is 0. The zero-order chi connectivity index (χ0) is 18.1. The van der Waals surface area contributed by atoms with Crippen LogP contribution in [0.4, 0.5) is 0 Å². The van der Waals surface area contributed by atoms with Crippen molar-refractivity contribution in [1.29, 1.82) is 0 Å². The molecule has 130 valence electrons. The van der Waals surface area contributed by atoms with Crippen molar-refractivity contribution in [1.82, 2.24) is 0 Å². The molecule has 0 unspecified atom stereocenters. The lowest BCUT2D eigenvalue weighted by Crippen LogP contribution is -2.12. The number of benzene rings is 1. The topological polar surface area (TPSA) is 88.1 Å². The Morgan fingerprint density at radius 3 is 2.00 bits per heavy atom. The second kappa shape index (κ2) is 9.34. The molecule has 0 heterocycles. The maximum absolute atomic E-state index is 12.5. The molecule has 0 saturated heterocycles. The van der Waals surface area contributed by atoms with Gasteiger partial charge in [0.2, 0.25) is 0 Å². The van der Waals surface area contributed by atoms with Crippen molar-refractivity contribution >= 4 is 17.7 Å². The van der Waals surface area contributed by atoms with E-state index in [0.29, 0.717) is 17.1 Å². The monoisotopic (exact) mass is 336 g/mol. The zero-order valence-corrected chi connectivity index (χ0v) is 14.1. The highest BCUT2D eigenvalue weighted by molar-refractivity contribution is 6.07. The summed E-state index contributed by atoms with van der Waals surface area (Å²) in [6.45, 7) is 2.19. The quantitative estimate of drug-likeness (QED) is 0.407. The predicted molar refractivity (Wildman–Crippen MR) is 85.2 cm³/mol. The van der Waals surface area contributed by atoms with Crippen LogP contribution in [0.5, 0.6) is 11.5 Å². The fourth-order valence-electron chi connectivity index (χ4n) is 1.78. The van der Waals surface area contributed by atoms with Crippen molar-refractivity contribution in [2.24, 2.45) is 0 Å². The first-order chi connectivity index (χ1) is 11.4. The van der Waals surface area contributed by atoms with Gasteiger partial charge in [-0.2, -0.15) is 0 Å². The lowest BCUT2D eigenvalue weighted by Gasteiger charge is -2.10. The Labute approximate surface area is 140 Å². The van der Waals surface area contributed by atoms with Gasteiger partial charge < -0.3 is 18.9 Å². The summed E-state index contributed by atoms with van der Waals surface area (Å²) in [5.74, 6) is -0.532. The van der Waals surface area contributed by atoms with E-state index in [2.05, 4.69) is 0 Å². The molecule has 0 radical (unpaired) electrons. The molecular formula is C17H20O7. The summed E-state index contributed by atoms with van der Waals surface area (Å²) < 4.78 is 20.0. The van der Waals surface area contributed by atoms with Gasteiger partial charge in [0.05, 0.1) is 19.8 Å². The molecule has 7 nitrogen and oxygen atoms in total. The molecule has 0 bridgehead atoms. The number of esters is 2. The number of carbonyl (C=O) groups is 3. The van der Waals surface area contributed by atoms with Crippen molar-refractivity contribution in [2.75, 3.05) is 27.4 Å². The zero-order valence-electron chi connectivity index (χ0n) is 14.1. The van der Waals surface area contributed by atoms with Gasteiger partial charge in [-0.15, -0.1) is 0 Å². The van der Waals surface area contributed by atoms with E-state index in [1.807, 2.05) is 0 Å². The van der Waals surface area contributed by atoms with E-state index < -0.39 is 11.9 Å². The minimum atomic E-state index is -0.505. The number of hydrogen-bond donors (Lipinski definition) is 0. The van der Waals surface area contributed by atoms with E-state index in [9.17, 15) is 14.4 Å². The average molecular weight is 336 g/mol. The first-order valence-corrected chi connectivity index (χ1v) is 7.10. The van der Waals surface area contributed by atoms with E-state index in [1.54, 1.807) is 12.1 Å². The first-order valence-electron chi connectivity index (χ1n) is 7.10. The first kappa shape index (κ1) is 19.2. The minimum Gasteiger partial charge on any atom is -0.497 e. The summed E-state index contributed by atoms with van der Waals surface area (Å²) in [4.78, 5) is 34.4. The third-order valence-electron chi connectivity index (χ3n) is 2.93. The van der Waals surface area contributed by atoms with Gasteiger partial charge in [-0.05, 0) is 24.3 Å². The van der Waals surface area contributed by atoms with Crippen molar-refractivity contribution in [2.45, 2.75) is 13.8 Å². The second-order valence-corrected chi connectivity index (χ2v) is 4.79. The Morgan fingerprint density at radius 1 is 0.958 bits per heavy atom. The molecule has 0 saturated carbocycles. The van der Waals surface area contributed by atoms with Crippen LogP contribution in [0.1, 0.15) is 24.2 Å². The van der Waals surface area contributed by atoms with E-state index in [1.165, 1.54) is 40.2 Å². The van der Waals surface area contributed by atoms with E-state index in [0.717, 1.165) is 0 Å². The molecular weight excluding hydrogens is 316 g/mol. The largest absolute Gasteiger partial charge is 0.497 e. The summed E-state index contributed by atoms with van der Waals surface area (Å²) in [7, 11) is 2.93. The Hall–Kier alpha value is -2.83. The van der Waals surface area contributed by atoms with Gasteiger partial charge >= 0.3 is 11.9 Å². The van der Waals surface area contributed by atoms with Crippen LogP contribution in [0.3, 0.4) is 0 Å². The van der Waals surface area contributed by atoms with Crippen LogP contribution in [0.15, 0.2) is 29.8 Å². The number of ether oxygens (including phenoxy) is 4. The second-order valence-electron chi connectivity index (χ2n) is 4.79. The molecule has 0 fully saturated rings. The third kappa shape index (κ3) is 6.12. The molecule has 7 heteroatoms. The smallest absolute Gasteiger partial charge is 0.302 e. The van der Waals surface area contributed by atoms with Crippen LogP contribution >= 0.6 is 0 Å². The summed E-state index contributed by atoms with van der Waals surface area (Å²) in [6, 6.07) is 4.81. The highest BCUT2D eigenvalue weighted by Gasteiger charge is 2.14. The van der Waals surface area contributed by atoms with Gasteiger partial charge in [0, 0.05) is 19.4 Å². The predicted octanol–water partition coefficient (Wildman–Crippen LogP) is 1.94. The molecule has 0 aromatic heterocycles. The van der Waals surface area contributed by atoms with E-state index in [-0.39, 0.29) is 24.6 Å². The van der Waals surface area contributed by atoms with Crippen molar-refractivity contribution in [3.05, 3.63) is 35.4 Å². The Morgan fingerprint density at radius 2 is 1.54 bits per heavy atom. The maximum Gasteiger partial charge on any atom is 0.302 e. The van der Waals surface area contributed by atoms with Crippen molar-refractivity contribution in [3.8, 4) is 11.5 Å². The Bertz CT molecular complexity index is 626. The number of hydrogen-bond acceptors (Lipinski definition) is 7. The molecule has 0 aliphatic carbocycles. The van der Waals surface area contributed by atoms with Crippen molar-refractivity contribution in [3.63, 3.8) is 0 Å². The number of rotatable bonds is 8. The molecule has 0 aliphatic heterocycles. The molecule has 1 aromatic rings. The molecule has 0 atom stereocenters. The number of methoxy groups -OCH3 is 2. The van der Waals surface area contributed by atoms with Gasteiger partial charge in [-0.3, -0.25) is 14.4 Å².